The first kappa shape index (κ1) is 30.1. The van der Waals surface area contributed by atoms with E-state index in [1.54, 1.807) is 11.0 Å². The third kappa shape index (κ3) is 5.66. The summed E-state index contributed by atoms with van der Waals surface area (Å²) in [5, 5.41) is 1.68. The van der Waals surface area contributed by atoms with Crippen LogP contribution < -0.4 is 14.5 Å². The summed E-state index contributed by atoms with van der Waals surface area (Å²) in [6.07, 6.45) is 5.02. The number of benzene rings is 2. The van der Waals surface area contributed by atoms with Crippen molar-refractivity contribution in [2.75, 3.05) is 56.6 Å². The second kappa shape index (κ2) is 12.6. The third-order valence-electron chi connectivity index (χ3n) is 9.16. The summed E-state index contributed by atoms with van der Waals surface area (Å²) in [6, 6.07) is 9.37. The number of rotatable bonds is 7. The van der Waals surface area contributed by atoms with Gasteiger partial charge >= 0.3 is 6.01 Å². The molecule has 9 nitrogen and oxygen atoms in total. The number of hydrogen-bond donors (Lipinski definition) is 0. The molecule has 1 saturated heterocycles. The highest BCUT2D eigenvalue weighted by molar-refractivity contribution is 6.36. The molecule has 2 fully saturated rings. The Labute approximate surface area is 262 Å². The standard InChI is InChI=1S/C33H37ClFN7O2/c1-5-29(43)42-17-16-41(19-22(42)18-36-2)32-23-14-15-40(27-10-6-8-21-12-13-24(35)31(34)30(21)27)20-25(23)37-33(38-32)44-28-11-7-9-26(28)39(3)4/h5-6,8,10,12-13,22,26,28H,1,7,9,11,14-20H2,3-4H3/t22?,26-,28-/m1/s1. The van der Waals surface area contributed by atoms with Crippen molar-refractivity contribution in [3.63, 3.8) is 0 Å². The van der Waals surface area contributed by atoms with Gasteiger partial charge in [0, 0.05) is 48.9 Å². The molecule has 0 radical (unpaired) electrons. The van der Waals surface area contributed by atoms with Gasteiger partial charge in [-0.25, -0.2) is 11.0 Å². The zero-order chi connectivity index (χ0) is 31.0. The smallest absolute Gasteiger partial charge is 0.319 e. The van der Waals surface area contributed by atoms with Crippen molar-refractivity contribution in [1.82, 2.24) is 19.8 Å². The molecular formula is C33H37ClFN7O2. The predicted octanol–water partition coefficient (Wildman–Crippen LogP) is 4.97. The number of halogens is 2. The van der Waals surface area contributed by atoms with Gasteiger partial charge in [0.25, 0.3) is 0 Å². The highest BCUT2D eigenvalue weighted by Crippen LogP contribution is 2.38. The summed E-state index contributed by atoms with van der Waals surface area (Å²) in [6.45, 7) is 14.0. The van der Waals surface area contributed by atoms with Crippen molar-refractivity contribution in [1.29, 1.82) is 0 Å². The van der Waals surface area contributed by atoms with Crippen molar-refractivity contribution in [3.05, 3.63) is 76.5 Å². The Morgan fingerprint density at radius 2 is 2.05 bits per heavy atom. The minimum Gasteiger partial charge on any atom is -0.458 e. The molecule has 1 unspecified atom stereocenters. The third-order valence-corrected chi connectivity index (χ3v) is 9.53. The van der Waals surface area contributed by atoms with Gasteiger partial charge in [0.15, 0.2) is 0 Å². The van der Waals surface area contributed by atoms with Crippen LogP contribution in [-0.4, -0.2) is 90.7 Å². The molecule has 2 aromatic carbocycles. The van der Waals surface area contributed by atoms with Gasteiger partial charge in [0.2, 0.25) is 12.5 Å². The Bertz CT molecular complexity index is 1630. The van der Waals surface area contributed by atoms with Gasteiger partial charge in [-0.2, -0.15) is 9.97 Å². The number of amides is 1. The van der Waals surface area contributed by atoms with E-state index in [2.05, 4.69) is 40.2 Å². The number of fused-ring (bicyclic) bond motifs is 2. The molecule has 3 aliphatic rings. The minimum absolute atomic E-state index is 0.0210. The average Bonchev–Trinajstić information content (AvgIpc) is 3.50. The van der Waals surface area contributed by atoms with E-state index in [9.17, 15) is 9.18 Å². The lowest BCUT2D eigenvalue weighted by Crippen LogP contribution is -2.56. The highest BCUT2D eigenvalue weighted by atomic mass is 35.5. The van der Waals surface area contributed by atoms with Gasteiger partial charge in [-0.15, -0.1) is 0 Å². The van der Waals surface area contributed by atoms with Gasteiger partial charge in [0.05, 0.1) is 17.3 Å². The quantitative estimate of drug-likeness (QED) is 0.274. The molecule has 0 spiro atoms. The molecule has 1 amide bonds. The summed E-state index contributed by atoms with van der Waals surface area (Å²) in [7, 11) is 4.14. The van der Waals surface area contributed by atoms with Crippen molar-refractivity contribution in [2.45, 2.75) is 50.4 Å². The van der Waals surface area contributed by atoms with E-state index in [-0.39, 0.29) is 35.7 Å². The molecule has 2 aliphatic heterocycles. The number of carbonyl (C=O) groups excluding carboxylic acids is 1. The van der Waals surface area contributed by atoms with Crippen LogP contribution in [-0.2, 0) is 17.8 Å². The maximum Gasteiger partial charge on any atom is 0.319 e. The fraction of sp³-hybridized carbons (Fsp3) is 0.455. The summed E-state index contributed by atoms with van der Waals surface area (Å²) < 4.78 is 21.1. The predicted molar refractivity (Wildman–Crippen MR) is 171 cm³/mol. The maximum absolute atomic E-state index is 14.6. The van der Waals surface area contributed by atoms with E-state index in [0.717, 1.165) is 47.4 Å². The maximum atomic E-state index is 14.6. The number of hydrogen-bond acceptors (Lipinski definition) is 7. The van der Waals surface area contributed by atoms with Crippen LogP contribution in [0.25, 0.3) is 15.6 Å². The fourth-order valence-electron chi connectivity index (χ4n) is 6.95. The van der Waals surface area contributed by atoms with Crippen molar-refractivity contribution >= 4 is 39.8 Å². The Morgan fingerprint density at radius 1 is 1.20 bits per heavy atom. The molecule has 3 heterocycles. The van der Waals surface area contributed by atoms with Crippen LogP contribution in [0.5, 0.6) is 6.01 Å². The molecule has 230 valence electrons. The first-order valence-corrected chi connectivity index (χ1v) is 15.5. The van der Waals surface area contributed by atoms with Gasteiger partial charge in [-0.3, -0.25) is 4.79 Å². The number of nitrogens with zero attached hydrogens (tertiary/aromatic N) is 7. The first-order chi connectivity index (χ1) is 21.3. The Kier molecular flexibility index (Phi) is 8.61. The van der Waals surface area contributed by atoms with Gasteiger partial charge in [0.1, 0.15) is 23.8 Å². The summed E-state index contributed by atoms with van der Waals surface area (Å²) in [5.41, 5.74) is 2.75. The van der Waals surface area contributed by atoms with Crippen LogP contribution in [0.15, 0.2) is 43.0 Å². The SMILES string of the molecule is [C-]#[N+]CC1CN(c2nc(O[C@@H]3CCC[C@H]3N(C)C)nc3c2CCN(c2cccc4ccc(F)c(Cl)c24)C3)CCN1C(=O)C=C. The monoisotopic (exact) mass is 617 g/mol. The van der Waals surface area contributed by atoms with E-state index in [4.69, 9.17) is 32.9 Å². The number of anilines is 2. The van der Waals surface area contributed by atoms with Crippen molar-refractivity contribution in [2.24, 2.45) is 0 Å². The lowest BCUT2D eigenvalue weighted by molar-refractivity contribution is -0.128. The van der Waals surface area contributed by atoms with Crippen LogP contribution in [0.3, 0.4) is 0 Å². The zero-order valence-electron chi connectivity index (χ0n) is 25.2. The van der Waals surface area contributed by atoms with Gasteiger partial charge in [-0.05, 0) is 63.4 Å². The molecule has 1 aromatic heterocycles. The van der Waals surface area contributed by atoms with Gasteiger partial charge < -0.3 is 29.2 Å². The number of piperazine rings is 1. The Balaban J connectivity index is 1.38. The minimum atomic E-state index is -0.445. The van der Waals surface area contributed by atoms with E-state index in [1.165, 1.54) is 12.1 Å². The molecule has 0 N–H and O–H groups in total. The van der Waals surface area contributed by atoms with Crippen LogP contribution >= 0.6 is 11.6 Å². The van der Waals surface area contributed by atoms with Crippen LogP contribution in [0.1, 0.15) is 30.5 Å². The zero-order valence-corrected chi connectivity index (χ0v) is 25.9. The first-order valence-electron chi connectivity index (χ1n) is 15.1. The van der Waals surface area contributed by atoms with Gasteiger partial charge in [-0.1, -0.05) is 36.4 Å². The van der Waals surface area contributed by atoms with E-state index >= 15 is 0 Å². The summed E-state index contributed by atoms with van der Waals surface area (Å²) in [4.78, 5) is 34.5. The molecule has 1 aliphatic carbocycles. The molecule has 11 heteroatoms. The van der Waals surface area contributed by atoms with E-state index in [0.29, 0.717) is 50.5 Å². The molecule has 3 aromatic rings. The number of carbonyl (C=O) groups is 1. The molecule has 44 heavy (non-hydrogen) atoms. The lowest BCUT2D eigenvalue weighted by Gasteiger charge is -2.41. The largest absolute Gasteiger partial charge is 0.458 e. The molecule has 0 bridgehead atoms. The van der Waals surface area contributed by atoms with Crippen LogP contribution in [0, 0.1) is 12.4 Å². The lowest BCUT2D eigenvalue weighted by atomic mass is 10.0. The van der Waals surface area contributed by atoms with Crippen LogP contribution in [0.2, 0.25) is 5.02 Å². The molecular weight excluding hydrogens is 581 g/mol. The second-order valence-electron chi connectivity index (χ2n) is 12.0. The second-order valence-corrected chi connectivity index (χ2v) is 12.3. The molecule has 1 saturated carbocycles. The van der Waals surface area contributed by atoms with E-state index < -0.39 is 5.82 Å². The molecule has 6 rings (SSSR count). The fourth-order valence-corrected chi connectivity index (χ4v) is 7.22. The van der Waals surface area contributed by atoms with E-state index in [1.807, 2.05) is 18.2 Å². The Morgan fingerprint density at radius 3 is 2.82 bits per heavy atom. The summed E-state index contributed by atoms with van der Waals surface area (Å²) >= 11 is 6.51. The average molecular weight is 618 g/mol. The van der Waals surface area contributed by atoms with Crippen molar-refractivity contribution in [3.8, 4) is 6.01 Å². The summed E-state index contributed by atoms with van der Waals surface area (Å²) in [5.74, 6) is 0.190. The number of aromatic nitrogens is 2. The highest BCUT2D eigenvalue weighted by Gasteiger charge is 2.36. The number of ether oxygens (including phenoxy) is 1. The normalized spacial score (nSPS) is 21.8. The Hall–Kier alpha value is -3.94. The molecule has 3 atom stereocenters. The topological polar surface area (TPSA) is 69.4 Å². The van der Waals surface area contributed by atoms with Crippen LogP contribution in [0.4, 0.5) is 15.9 Å². The van der Waals surface area contributed by atoms with Crippen molar-refractivity contribution < 1.29 is 13.9 Å². The number of likely N-dealkylation sites (N-methyl/N-ethyl adjacent to an activating group) is 1.